The molecule has 1 heterocycles. The Morgan fingerprint density at radius 2 is 1.84 bits per heavy atom. The Bertz CT molecular complexity index is 843. The van der Waals surface area contributed by atoms with E-state index >= 15 is 0 Å². The minimum Gasteiger partial charge on any atom is -0.398 e. The van der Waals surface area contributed by atoms with Crippen molar-refractivity contribution in [3.8, 4) is 6.07 Å². The van der Waals surface area contributed by atoms with Crippen LogP contribution in [-0.2, 0) is 0 Å². The number of amides is 1. The van der Waals surface area contributed by atoms with Crippen LogP contribution in [0.1, 0.15) is 51.4 Å². The van der Waals surface area contributed by atoms with Gasteiger partial charge in [0, 0.05) is 24.3 Å². The molecule has 1 aliphatic heterocycles. The van der Waals surface area contributed by atoms with Crippen LogP contribution >= 0.6 is 0 Å². The summed E-state index contributed by atoms with van der Waals surface area (Å²) in [5, 5.41) is 9.06. The molecule has 4 nitrogen and oxygen atoms in total. The molecule has 0 unspecified atom stereocenters. The number of nitriles is 1. The fourth-order valence-corrected chi connectivity index (χ4v) is 3.44. The predicted molar refractivity (Wildman–Crippen MR) is 99.4 cm³/mol. The summed E-state index contributed by atoms with van der Waals surface area (Å²) in [4.78, 5) is 14.6. The van der Waals surface area contributed by atoms with E-state index in [0.717, 1.165) is 42.6 Å². The van der Waals surface area contributed by atoms with Crippen LogP contribution in [0.2, 0.25) is 0 Å². The lowest BCUT2D eigenvalue weighted by atomic mass is 9.87. The zero-order valence-corrected chi connectivity index (χ0v) is 14.7. The van der Waals surface area contributed by atoms with Crippen molar-refractivity contribution in [2.45, 2.75) is 32.6 Å². The zero-order chi connectivity index (χ0) is 18.0. The SMILES string of the molecule is Cc1ccc(C(=O)N2CCC(c3ccc(C#N)c(C)c3)CC2)cc1N. The van der Waals surface area contributed by atoms with Gasteiger partial charge in [-0.1, -0.05) is 18.2 Å². The minimum atomic E-state index is 0.0566. The molecule has 2 aromatic carbocycles. The Morgan fingerprint density at radius 1 is 1.12 bits per heavy atom. The van der Waals surface area contributed by atoms with Crippen molar-refractivity contribution in [3.63, 3.8) is 0 Å². The van der Waals surface area contributed by atoms with Gasteiger partial charge in [-0.15, -0.1) is 0 Å². The van der Waals surface area contributed by atoms with Crippen LogP contribution in [0.3, 0.4) is 0 Å². The lowest BCUT2D eigenvalue weighted by Crippen LogP contribution is -2.38. The minimum absolute atomic E-state index is 0.0566. The summed E-state index contributed by atoms with van der Waals surface area (Å²) in [5.41, 5.74) is 11.3. The van der Waals surface area contributed by atoms with Crippen LogP contribution in [-0.4, -0.2) is 23.9 Å². The van der Waals surface area contributed by atoms with E-state index in [1.807, 2.05) is 43.0 Å². The fourth-order valence-electron chi connectivity index (χ4n) is 3.44. The fraction of sp³-hybridized carbons (Fsp3) is 0.333. The summed E-state index contributed by atoms with van der Waals surface area (Å²) >= 11 is 0. The molecule has 25 heavy (non-hydrogen) atoms. The Kier molecular flexibility index (Phi) is 4.76. The third-order valence-corrected chi connectivity index (χ3v) is 5.15. The van der Waals surface area contributed by atoms with Gasteiger partial charge in [-0.25, -0.2) is 0 Å². The molecule has 0 aliphatic carbocycles. The number of piperidine rings is 1. The van der Waals surface area contributed by atoms with Gasteiger partial charge in [-0.3, -0.25) is 4.79 Å². The van der Waals surface area contributed by atoms with Crippen molar-refractivity contribution >= 4 is 11.6 Å². The number of hydrogen-bond donors (Lipinski definition) is 1. The van der Waals surface area contributed by atoms with Crippen LogP contribution < -0.4 is 5.73 Å². The number of likely N-dealkylation sites (tertiary alicyclic amines) is 1. The first-order valence-electron chi connectivity index (χ1n) is 8.65. The molecule has 4 heteroatoms. The van der Waals surface area contributed by atoms with Crippen molar-refractivity contribution in [2.75, 3.05) is 18.8 Å². The largest absolute Gasteiger partial charge is 0.398 e. The first-order valence-corrected chi connectivity index (χ1v) is 8.65. The van der Waals surface area contributed by atoms with Gasteiger partial charge in [-0.2, -0.15) is 5.26 Å². The third-order valence-electron chi connectivity index (χ3n) is 5.15. The number of carbonyl (C=O) groups is 1. The highest BCUT2D eigenvalue weighted by Crippen LogP contribution is 2.30. The smallest absolute Gasteiger partial charge is 0.253 e. The average molecular weight is 333 g/mol. The molecule has 2 aromatic rings. The number of nitrogens with two attached hydrogens (primary N) is 1. The monoisotopic (exact) mass is 333 g/mol. The molecule has 0 saturated carbocycles. The second-order valence-electron chi connectivity index (χ2n) is 6.82. The van der Waals surface area contributed by atoms with Gasteiger partial charge in [0.25, 0.3) is 5.91 Å². The van der Waals surface area contributed by atoms with Crippen molar-refractivity contribution < 1.29 is 4.79 Å². The molecule has 2 N–H and O–H groups in total. The maximum absolute atomic E-state index is 12.7. The number of carbonyl (C=O) groups excluding carboxylic acids is 1. The van der Waals surface area contributed by atoms with Crippen LogP contribution in [0, 0.1) is 25.2 Å². The topological polar surface area (TPSA) is 70.1 Å². The number of rotatable bonds is 2. The third kappa shape index (κ3) is 3.51. The second kappa shape index (κ2) is 6.98. The van der Waals surface area contributed by atoms with E-state index < -0.39 is 0 Å². The summed E-state index contributed by atoms with van der Waals surface area (Å²) in [6, 6.07) is 13.8. The molecule has 0 radical (unpaired) electrons. The number of nitrogen functional groups attached to an aromatic ring is 1. The molecule has 0 aromatic heterocycles. The van der Waals surface area contributed by atoms with Gasteiger partial charge in [-0.05, 0) is 67.5 Å². The molecule has 1 aliphatic rings. The van der Waals surface area contributed by atoms with Gasteiger partial charge in [0.15, 0.2) is 0 Å². The normalized spacial score (nSPS) is 15.0. The Balaban J connectivity index is 1.67. The molecule has 1 amide bonds. The number of anilines is 1. The van der Waals surface area contributed by atoms with Crippen molar-refractivity contribution in [2.24, 2.45) is 0 Å². The summed E-state index contributed by atoms with van der Waals surface area (Å²) in [6.07, 6.45) is 1.89. The summed E-state index contributed by atoms with van der Waals surface area (Å²) in [7, 11) is 0. The van der Waals surface area contributed by atoms with Crippen LogP contribution in [0.25, 0.3) is 0 Å². The number of hydrogen-bond acceptors (Lipinski definition) is 3. The van der Waals surface area contributed by atoms with Crippen LogP contribution in [0.5, 0.6) is 0 Å². The Morgan fingerprint density at radius 3 is 2.44 bits per heavy atom. The van der Waals surface area contributed by atoms with Gasteiger partial charge in [0.2, 0.25) is 0 Å². The molecule has 1 saturated heterocycles. The quantitative estimate of drug-likeness (QED) is 0.850. The van der Waals surface area contributed by atoms with Crippen molar-refractivity contribution in [1.82, 2.24) is 4.90 Å². The molecule has 0 bridgehead atoms. The van der Waals surface area contributed by atoms with E-state index in [2.05, 4.69) is 12.1 Å². The van der Waals surface area contributed by atoms with Crippen molar-refractivity contribution in [3.05, 3.63) is 64.2 Å². The first kappa shape index (κ1) is 17.0. The zero-order valence-electron chi connectivity index (χ0n) is 14.7. The number of aryl methyl sites for hydroxylation is 2. The lowest BCUT2D eigenvalue weighted by molar-refractivity contribution is 0.0713. The molecule has 0 spiro atoms. The summed E-state index contributed by atoms with van der Waals surface area (Å²) in [6.45, 7) is 5.41. The standard InChI is InChI=1S/C21H23N3O/c1-14-3-4-18(12-20(14)23)21(25)24-9-7-16(8-10-24)17-5-6-19(13-22)15(2)11-17/h3-6,11-12,16H,7-10,23H2,1-2H3. The van der Waals surface area contributed by atoms with E-state index in [1.165, 1.54) is 5.56 Å². The van der Waals surface area contributed by atoms with Crippen LogP contribution in [0.15, 0.2) is 36.4 Å². The Labute approximate surface area is 148 Å². The average Bonchev–Trinajstić information content (AvgIpc) is 2.63. The highest BCUT2D eigenvalue weighted by molar-refractivity contribution is 5.95. The highest BCUT2D eigenvalue weighted by Gasteiger charge is 2.25. The van der Waals surface area contributed by atoms with E-state index in [4.69, 9.17) is 11.0 Å². The maximum atomic E-state index is 12.7. The van der Waals surface area contributed by atoms with E-state index in [0.29, 0.717) is 17.2 Å². The van der Waals surface area contributed by atoms with E-state index in [1.54, 1.807) is 6.07 Å². The summed E-state index contributed by atoms with van der Waals surface area (Å²) in [5.74, 6) is 0.500. The Hall–Kier alpha value is -2.80. The second-order valence-corrected chi connectivity index (χ2v) is 6.82. The lowest BCUT2D eigenvalue weighted by Gasteiger charge is -2.32. The number of benzene rings is 2. The van der Waals surface area contributed by atoms with Gasteiger partial charge in [0.05, 0.1) is 11.6 Å². The molecule has 128 valence electrons. The van der Waals surface area contributed by atoms with Gasteiger partial charge in [0.1, 0.15) is 0 Å². The predicted octanol–water partition coefficient (Wildman–Crippen LogP) is 3.78. The first-order chi connectivity index (χ1) is 12.0. The molecule has 3 rings (SSSR count). The highest BCUT2D eigenvalue weighted by atomic mass is 16.2. The maximum Gasteiger partial charge on any atom is 0.253 e. The van der Waals surface area contributed by atoms with Gasteiger partial charge >= 0.3 is 0 Å². The molecule has 0 atom stereocenters. The molecular formula is C21H23N3O. The van der Waals surface area contributed by atoms with Crippen LogP contribution in [0.4, 0.5) is 5.69 Å². The number of nitrogens with zero attached hydrogens (tertiary/aromatic N) is 2. The molecular weight excluding hydrogens is 310 g/mol. The van der Waals surface area contributed by atoms with Gasteiger partial charge < -0.3 is 10.6 Å². The molecule has 1 fully saturated rings. The van der Waals surface area contributed by atoms with E-state index in [-0.39, 0.29) is 5.91 Å². The van der Waals surface area contributed by atoms with Crippen molar-refractivity contribution in [1.29, 1.82) is 5.26 Å². The summed E-state index contributed by atoms with van der Waals surface area (Å²) < 4.78 is 0. The van der Waals surface area contributed by atoms with E-state index in [9.17, 15) is 4.79 Å².